The third-order valence-electron chi connectivity index (χ3n) is 2.16. The number of hydrogen-bond acceptors (Lipinski definition) is 3. The highest BCUT2D eigenvalue weighted by Gasteiger charge is 2.56. The van der Waals surface area contributed by atoms with Crippen LogP contribution in [0.15, 0.2) is 0 Å². The summed E-state index contributed by atoms with van der Waals surface area (Å²) in [6, 6.07) is 0. The summed E-state index contributed by atoms with van der Waals surface area (Å²) in [6.45, 7) is 5.58. The predicted octanol–water partition coefficient (Wildman–Crippen LogP) is 0.361. The minimum Gasteiger partial charge on any atom is -0.389 e. The van der Waals surface area contributed by atoms with Crippen LogP contribution in [0.5, 0.6) is 0 Å². The first-order valence-corrected chi connectivity index (χ1v) is 3.84. The molecule has 1 N–H and O–H groups in total. The summed E-state index contributed by atoms with van der Waals surface area (Å²) in [5.74, 6) is 0.0000926. The molecule has 3 nitrogen and oxygen atoms in total. The van der Waals surface area contributed by atoms with Crippen LogP contribution in [0.2, 0.25) is 0 Å². The van der Waals surface area contributed by atoms with Crippen LogP contribution in [0.3, 0.4) is 0 Å². The fourth-order valence-electron chi connectivity index (χ4n) is 1.20. The molecule has 11 heavy (non-hydrogen) atoms. The van der Waals surface area contributed by atoms with Crippen LogP contribution in [0.4, 0.5) is 0 Å². The van der Waals surface area contributed by atoms with Gasteiger partial charge in [-0.2, -0.15) is 0 Å². The summed E-state index contributed by atoms with van der Waals surface area (Å²) in [5, 5.41) is 9.54. The number of hydrogen-bond donors (Lipinski definition) is 1. The van der Waals surface area contributed by atoms with E-state index in [-0.39, 0.29) is 11.7 Å². The molecule has 0 radical (unpaired) electrons. The zero-order valence-electron chi connectivity index (χ0n) is 7.13. The Labute approximate surface area is 66.4 Å². The Bertz CT molecular complexity index is 170. The van der Waals surface area contributed by atoms with Gasteiger partial charge in [-0.1, -0.05) is 13.8 Å². The third-order valence-corrected chi connectivity index (χ3v) is 2.16. The number of Topliss-reactive ketones (excluding diaryl/α,β-unsaturated/α-hetero) is 1. The molecule has 1 fully saturated rings. The van der Waals surface area contributed by atoms with Gasteiger partial charge in [0.05, 0.1) is 12.7 Å². The van der Waals surface area contributed by atoms with E-state index < -0.39 is 11.7 Å². The molecule has 0 spiro atoms. The summed E-state index contributed by atoms with van der Waals surface area (Å²) in [7, 11) is 0. The first kappa shape index (κ1) is 8.68. The highest BCUT2D eigenvalue weighted by molar-refractivity contribution is 5.88. The molecule has 0 amide bonds. The van der Waals surface area contributed by atoms with Crippen LogP contribution in [0.1, 0.15) is 20.8 Å². The van der Waals surface area contributed by atoms with Gasteiger partial charge in [-0.3, -0.25) is 4.79 Å². The van der Waals surface area contributed by atoms with E-state index in [2.05, 4.69) is 0 Å². The Hall–Kier alpha value is -0.410. The quantitative estimate of drug-likeness (QED) is 0.603. The van der Waals surface area contributed by atoms with Crippen LogP contribution in [-0.4, -0.2) is 29.2 Å². The fraction of sp³-hybridized carbons (Fsp3) is 0.875. The lowest BCUT2D eigenvalue weighted by Crippen LogP contribution is -2.40. The molecule has 0 aromatic carbocycles. The van der Waals surface area contributed by atoms with Gasteiger partial charge in [0, 0.05) is 0 Å². The molecule has 1 rings (SSSR count). The van der Waals surface area contributed by atoms with Crippen molar-refractivity contribution < 1.29 is 14.6 Å². The van der Waals surface area contributed by atoms with Crippen molar-refractivity contribution in [1.29, 1.82) is 0 Å². The van der Waals surface area contributed by atoms with Crippen LogP contribution in [0.25, 0.3) is 0 Å². The summed E-state index contributed by atoms with van der Waals surface area (Å²) in [6.07, 6.45) is -0.653. The van der Waals surface area contributed by atoms with E-state index in [0.717, 1.165) is 0 Å². The third kappa shape index (κ3) is 1.30. The monoisotopic (exact) mass is 158 g/mol. The molecule has 2 atom stereocenters. The maximum atomic E-state index is 11.0. The highest BCUT2D eigenvalue weighted by atomic mass is 16.6. The second kappa shape index (κ2) is 2.57. The van der Waals surface area contributed by atoms with Gasteiger partial charge in [0.2, 0.25) is 0 Å². The molecule has 0 aromatic rings. The van der Waals surface area contributed by atoms with E-state index in [1.165, 1.54) is 6.92 Å². The number of aliphatic hydroxyl groups is 1. The molecular weight excluding hydrogens is 144 g/mol. The van der Waals surface area contributed by atoms with Gasteiger partial charge in [0.25, 0.3) is 0 Å². The summed E-state index contributed by atoms with van der Waals surface area (Å²) in [5.41, 5.74) is -0.853. The lowest BCUT2D eigenvalue weighted by atomic mass is 9.91. The molecule has 0 saturated carbocycles. The molecule has 3 heteroatoms. The number of carbonyl (C=O) groups is 1. The number of ketones is 1. The van der Waals surface area contributed by atoms with Crippen molar-refractivity contribution in [1.82, 2.24) is 0 Å². The van der Waals surface area contributed by atoms with Crippen molar-refractivity contribution in [3.63, 3.8) is 0 Å². The Morgan fingerprint density at radius 3 is 2.18 bits per heavy atom. The van der Waals surface area contributed by atoms with Crippen molar-refractivity contribution in [2.45, 2.75) is 32.5 Å². The highest BCUT2D eigenvalue weighted by Crippen LogP contribution is 2.35. The van der Waals surface area contributed by atoms with Crippen LogP contribution >= 0.6 is 0 Å². The second-order valence-electron chi connectivity index (χ2n) is 3.42. The molecule has 0 aromatic heterocycles. The average Bonchev–Trinajstić information content (AvgIpc) is 2.65. The van der Waals surface area contributed by atoms with Gasteiger partial charge < -0.3 is 9.84 Å². The van der Waals surface area contributed by atoms with Crippen LogP contribution in [-0.2, 0) is 9.53 Å². The van der Waals surface area contributed by atoms with Gasteiger partial charge in [-0.15, -0.1) is 0 Å². The lowest BCUT2D eigenvalue weighted by Gasteiger charge is -2.19. The first-order chi connectivity index (χ1) is 5.00. The van der Waals surface area contributed by atoms with E-state index in [0.29, 0.717) is 6.61 Å². The van der Waals surface area contributed by atoms with Crippen molar-refractivity contribution in [3.8, 4) is 0 Å². The number of epoxide rings is 1. The standard InChI is InChI=1S/C8H14O3/c1-5(2)7(10)8(4-11-8)6(3)9/h5,7,10H,4H2,1-3H3/t7-,8-/m1/s1. The minimum atomic E-state index is -0.853. The van der Waals surface area contributed by atoms with E-state index in [9.17, 15) is 9.90 Å². The van der Waals surface area contributed by atoms with Gasteiger partial charge in [0.15, 0.2) is 11.4 Å². The number of aliphatic hydroxyl groups excluding tert-OH is 1. The normalized spacial score (nSPS) is 32.1. The zero-order valence-corrected chi connectivity index (χ0v) is 7.13. The largest absolute Gasteiger partial charge is 0.389 e. The summed E-state index contributed by atoms with van der Waals surface area (Å²) >= 11 is 0. The molecule has 0 unspecified atom stereocenters. The Balaban J connectivity index is 2.65. The van der Waals surface area contributed by atoms with Gasteiger partial charge >= 0.3 is 0 Å². The van der Waals surface area contributed by atoms with Gasteiger partial charge in [-0.25, -0.2) is 0 Å². The van der Waals surface area contributed by atoms with E-state index in [1.54, 1.807) is 0 Å². The maximum Gasteiger partial charge on any atom is 0.175 e. The second-order valence-corrected chi connectivity index (χ2v) is 3.42. The number of rotatable bonds is 3. The van der Waals surface area contributed by atoms with Crippen LogP contribution < -0.4 is 0 Å². The average molecular weight is 158 g/mol. The van der Waals surface area contributed by atoms with Crippen molar-refractivity contribution in [3.05, 3.63) is 0 Å². The Morgan fingerprint density at radius 2 is 2.09 bits per heavy atom. The van der Waals surface area contributed by atoms with Gasteiger partial charge in [-0.05, 0) is 12.8 Å². The first-order valence-electron chi connectivity index (χ1n) is 3.84. The number of ether oxygens (including phenoxy) is 1. The van der Waals surface area contributed by atoms with E-state index in [1.807, 2.05) is 13.8 Å². The number of carbonyl (C=O) groups excluding carboxylic acids is 1. The lowest BCUT2D eigenvalue weighted by molar-refractivity contribution is -0.127. The molecule has 1 aliphatic heterocycles. The molecule has 64 valence electrons. The van der Waals surface area contributed by atoms with Crippen molar-refractivity contribution in [2.75, 3.05) is 6.61 Å². The minimum absolute atomic E-state index is 0.0706. The SMILES string of the molecule is CC(=O)[C@@]1([C@H](O)C(C)C)CO1. The maximum absolute atomic E-state index is 11.0. The van der Waals surface area contributed by atoms with E-state index in [4.69, 9.17) is 4.74 Å². The molecular formula is C8H14O3. The van der Waals surface area contributed by atoms with Crippen molar-refractivity contribution in [2.24, 2.45) is 5.92 Å². The predicted molar refractivity (Wildman–Crippen MR) is 40.2 cm³/mol. The molecule has 1 heterocycles. The molecule has 1 saturated heterocycles. The zero-order chi connectivity index (χ0) is 8.65. The van der Waals surface area contributed by atoms with E-state index >= 15 is 0 Å². The van der Waals surface area contributed by atoms with Crippen molar-refractivity contribution >= 4 is 5.78 Å². The Morgan fingerprint density at radius 1 is 1.64 bits per heavy atom. The van der Waals surface area contributed by atoms with Gasteiger partial charge in [0.1, 0.15) is 0 Å². The summed E-state index contributed by atoms with van der Waals surface area (Å²) < 4.78 is 4.98. The Kier molecular flexibility index (Phi) is 2.03. The molecule has 0 aliphatic carbocycles. The summed E-state index contributed by atoms with van der Waals surface area (Å²) in [4.78, 5) is 11.0. The smallest absolute Gasteiger partial charge is 0.175 e. The topological polar surface area (TPSA) is 49.8 Å². The molecule has 1 aliphatic rings. The fourth-order valence-corrected chi connectivity index (χ4v) is 1.20. The molecule has 0 bridgehead atoms. The van der Waals surface area contributed by atoms with Crippen LogP contribution in [0, 0.1) is 5.92 Å².